The second-order valence-corrected chi connectivity index (χ2v) is 9.24. The van der Waals surface area contributed by atoms with E-state index in [4.69, 9.17) is 4.52 Å². The topological polar surface area (TPSA) is 105 Å². The van der Waals surface area contributed by atoms with Crippen molar-refractivity contribution in [3.05, 3.63) is 11.7 Å². The summed E-state index contributed by atoms with van der Waals surface area (Å²) in [5, 5.41) is 6.96. The molecule has 1 N–H and O–H groups in total. The zero-order valence-electron chi connectivity index (χ0n) is 14.1. The predicted octanol–water partition coefficient (Wildman–Crippen LogP) is 0.139. The molecule has 1 saturated heterocycles. The molecule has 0 aromatic carbocycles. The maximum Gasteiger partial charge on any atom is 0.223 e. The number of carbonyl (C=O) groups is 1. The fourth-order valence-corrected chi connectivity index (χ4v) is 3.92. The monoisotopic (exact) mass is 356 g/mol. The average Bonchev–Trinajstić information content (AvgIpc) is 3.14. The molecule has 8 nitrogen and oxygen atoms in total. The summed E-state index contributed by atoms with van der Waals surface area (Å²) in [6.45, 7) is 4.00. The van der Waals surface area contributed by atoms with E-state index >= 15 is 0 Å². The zero-order valence-corrected chi connectivity index (χ0v) is 14.9. The van der Waals surface area contributed by atoms with Crippen molar-refractivity contribution in [2.24, 2.45) is 11.8 Å². The fraction of sp³-hybridized carbons (Fsp3) is 0.800. The second kappa shape index (κ2) is 6.79. The van der Waals surface area contributed by atoms with Gasteiger partial charge in [-0.25, -0.2) is 8.42 Å². The van der Waals surface area contributed by atoms with Crippen molar-refractivity contribution in [2.45, 2.75) is 38.8 Å². The number of hydrogen-bond acceptors (Lipinski definition) is 7. The summed E-state index contributed by atoms with van der Waals surface area (Å²) in [4.78, 5) is 18.5. The predicted molar refractivity (Wildman–Crippen MR) is 86.8 cm³/mol. The summed E-state index contributed by atoms with van der Waals surface area (Å²) < 4.78 is 27.4. The lowest BCUT2D eigenvalue weighted by molar-refractivity contribution is -0.121. The smallest absolute Gasteiger partial charge is 0.223 e. The maximum absolute atomic E-state index is 12.1. The van der Waals surface area contributed by atoms with Crippen molar-refractivity contribution >= 4 is 15.7 Å². The highest BCUT2D eigenvalue weighted by Crippen LogP contribution is 2.41. The van der Waals surface area contributed by atoms with Gasteiger partial charge in [-0.1, -0.05) is 5.16 Å². The molecule has 1 aromatic heterocycles. The molecule has 1 aromatic rings. The van der Waals surface area contributed by atoms with Gasteiger partial charge >= 0.3 is 0 Å². The summed E-state index contributed by atoms with van der Waals surface area (Å²) in [6, 6.07) is 0.0672. The summed E-state index contributed by atoms with van der Waals surface area (Å²) in [5.74, 6) is 1.99. The molecule has 9 heteroatoms. The van der Waals surface area contributed by atoms with Crippen molar-refractivity contribution in [3.8, 4) is 0 Å². The summed E-state index contributed by atoms with van der Waals surface area (Å²) in [6.07, 6.45) is 3.58. The van der Waals surface area contributed by atoms with Gasteiger partial charge in [0.05, 0.1) is 12.3 Å². The summed E-state index contributed by atoms with van der Waals surface area (Å²) >= 11 is 0. The van der Waals surface area contributed by atoms with Gasteiger partial charge in [0.1, 0.15) is 9.84 Å². The number of sulfone groups is 1. The van der Waals surface area contributed by atoms with Crippen molar-refractivity contribution in [1.82, 2.24) is 20.4 Å². The minimum absolute atomic E-state index is 0.0246. The number of nitrogens with one attached hydrogen (secondary N) is 1. The molecule has 1 aliphatic heterocycles. The third kappa shape index (κ3) is 4.76. The number of nitrogens with zero attached hydrogens (tertiary/aromatic N) is 3. The van der Waals surface area contributed by atoms with Crippen LogP contribution in [-0.4, -0.2) is 60.5 Å². The van der Waals surface area contributed by atoms with E-state index in [0.717, 1.165) is 19.3 Å². The number of carbonyl (C=O) groups excluding carboxylic acids is 1. The zero-order chi connectivity index (χ0) is 17.3. The Balaban J connectivity index is 1.56. The van der Waals surface area contributed by atoms with Crippen LogP contribution < -0.4 is 5.32 Å². The number of amides is 1. The lowest BCUT2D eigenvalue weighted by Crippen LogP contribution is -2.41. The molecule has 0 spiro atoms. The van der Waals surface area contributed by atoms with Gasteiger partial charge in [0, 0.05) is 38.7 Å². The first-order chi connectivity index (χ1) is 11.3. The molecule has 24 heavy (non-hydrogen) atoms. The highest BCUT2D eigenvalue weighted by Gasteiger charge is 2.43. The van der Waals surface area contributed by atoms with E-state index in [2.05, 4.69) is 20.4 Å². The van der Waals surface area contributed by atoms with Gasteiger partial charge in [0.25, 0.3) is 0 Å². The standard InChI is InChI=1S/C15H24N4O4S/c1-10-16-14(18-23-10)9-19-7-12(11-3-4-11)13(8-19)17-15(20)5-6-24(2,21)22/h11-13H,3-9H2,1-2H3,(H,17,20)/t12-,13+/m1/s1. The van der Waals surface area contributed by atoms with Crippen LogP contribution in [0.1, 0.15) is 31.0 Å². The lowest BCUT2D eigenvalue weighted by atomic mass is 9.98. The third-order valence-electron chi connectivity index (χ3n) is 4.65. The summed E-state index contributed by atoms with van der Waals surface area (Å²) in [7, 11) is -3.12. The largest absolute Gasteiger partial charge is 0.352 e. The van der Waals surface area contributed by atoms with Crippen LogP contribution in [0.4, 0.5) is 0 Å². The van der Waals surface area contributed by atoms with Crippen molar-refractivity contribution in [3.63, 3.8) is 0 Å². The Kier molecular flexibility index (Phi) is 4.91. The lowest BCUT2D eigenvalue weighted by Gasteiger charge is -2.19. The molecule has 3 rings (SSSR count). The number of aryl methyl sites for hydroxylation is 1. The van der Waals surface area contributed by atoms with E-state index in [1.807, 2.05) is 0 Å². The molecule has 2 fully saturated rings. The van der Waals surface area contributed by atoms with Crippen molar-refractivity contribution in [1.29, 1.82) is 0 Å². The van der Waals surface area contributed by atoms with Crippen molar-refractivity contribution < 1.29 is 17.7 Å². The molecule has 0 radical (unpaired) electrons. The molecule has 1 saturated carbocycles. The number of rotatable bonds is 7. The normalized spacial score (nSPS) is 25.1. The van der Waals surface area contributed by atoms with Crippen LogP contribution in [0.25, 0.3) is 0 Å². The first-order valence-electron chi connectivity index (χ1n) is 8.29. The highest BCUT2D eigenvalue weighted by atomic mass is 32.2. The Morgan fingerprint density at radius 3 is 2.71 bits per heavy atom. The van der Waals surface area contributed by atoms with Crippen LogP contribution in [-0.2, 0) is 21.2 Å². The molecule has 0 unspecified atom stereocenters. The molecule has 134 valence electrons. The van der Waals surface area contributed by atoms with Crippen LogP contribution >= 0.6 is 0 Å². The SMILES string of the molecule is Cc1nc(CN2C[C@H](NC(=O)CCS(C)(=O)=O)[C@@H](C3CC3)C2)no1. The molecular formula is C15H24N4O4S. The van der Waals surface area contributed by atoms with E-state index in [1.54, 1.807) is 6.92 Å². The first kappa shape index (κ1) is 17.3. The molecule has 1 amide bonds. The van der Waals surface area contributed by atoms with Gasteiger partial charge < -0.3 is 9.84 Å². The van der Waals surface area contributed by atoms with E-state index in [9.17, 15) is 13.2 Å². The van der Waals surface area contributed by atoms with E-state index in [1.165, 1.54) is 12.8 Å². The second-order valence-electron chi connectivity index (χ2n) is 6.98. The molecule has 1 aliphatic carbocycles. The van der Waals surface area contributed by atoms with Gasteiger partial charge in [0.2, 0.25) is 11.8 Å². The molecular weight excluding hydrogens is 332 g/mol. The molecule has 2 aliphatic rings. The molecule has 2 heterocycles. The van der Waals surface area contributed by atoms with E-state index < -0.39 is 9.84 Å². The number of hydrogen-bond donors (Lipinski definition) is 1. The highest BCUT2D eigenvalue weighted by molar-refractivity contribution is 7.90. The van der Waals surface area contributed by atoms with Crippen LogP contribution in [0.3, 0.4) is 0 Å². The minimum Gasteiger partial charge on any atom is -0.352 e. The summed E-state index contributed by atoms with van der Waals surface area (Å²) in [5.41, 5.74) is 0. The molecule has 0 bridgehead atoms. The van der Waals surface area contributed by atoms with Crippen LogP contribution in [0.5, 0.6) is 0 Å². The Morgan fingerprint density at radius 2 is 2.12 bits per heavy atom. The van der Waals surface area contributed by atoms with Gasteiger partial charge in [0.15, 0.2) is 5.82 Å². The van der Waals surface area contributed by atoms with E-state index in [0.29, 0.717) is 30.1 Å². The number of likely N-dealkylation sites (tertiary alicyclic amines) is 1. The van der Waals surface area contributed by atoms with Gasteiger partial charge in [-0.15, -0.1) is 0 Å². The third-order valence-corrected chi connectivity index (χ3v) is 5.59. The van der Waals surface area contributed by atoms with E-state index in [-0.39, 0.29) is 24.1 Å². The minimum atomic E-state index is -3.12. The van der Waals surface area contributed by atoms with Gasteiger partial charge in [-0.05, 0) is 24.7 Å². The fourth-order valence-electron chi connectivity index (χ4n) is 3.36. The maximum atomic E-state index is 12.1. The Morgan fingerprint density at radius 1 is 1.38 bits per heavy atom. The Labute approximate surface area is 141 Å². The average molecular weight is 356 g/mol. The Hall–Kier alpha value is -1.48. The van der Waals surface area contributed by atoms with Crippen LogP contribution in [0.2, 0.25) is 0 Å². The quantitative estimate of drug-likeness (QED) is 0.741. The van der Waals surface area contributed by atoms with Crippen molar-refractivity contribution in [2.75, 3.05) is 25.1 Å². The van der Waals surface area contributed by atoms with Gasteiger partial charge in [-0.3, -0.25) is 9.69 Å². The van der Waals surface area contributed by atoms with Gasteiger partial charge in [-0.2, -0.15) is 4.98 Å². The number of aromatic nitrogens is 2. The Bertz CT molecular complexity index is 698. The van der Waals surface area contributed by atoms with Crippen LogP contribution in [0.15, 0.2) is 4.52 Å². The van der Waals surface area contributed by atoms with Crippen LogP contribution in [0, 0.1) is 18.8 Å². The first-order valence-corrected chi connectivity index (χ1v) is 10.3. The molecule has 2 atom stereocenters.